The van der Waals surface area contributed by atoms with Crippen LogP contribution in [0.1, 0.15) is 23.0 Å². The van der Waals surface area contributed by atoms with Crippen LogP contribution >= 0.6 is 11.8 Å². The summed E-state index contributed by atoms with van der Waals surface area (Å²) in [4.78, 5) is 3.65. The zero-order chi connectivity index (χ0) is 20.2. The fourth-order valence-corrected chi connectivity index (χ4v) is 4.98. The Bertz CT molecular complexity index is 932. The first-order valence-corrected chi connectivity index (χ1v) is 10.4. The van der Waals surface area contributed by atoms with E-state index in [1.807, 2.05) is 23.9 Å². The Labute approximate surface area is 175 Å². The van der Waals surface area contributed by atoms with E-state index in [1.54, 1.807) is 27.6 Å². The minimum Gasteiger partial charge on any atom is -0.493 e. The first-order valence-electron chi connectivity index (χ1n) is 9.56. The molecule has 29 heavy (non-hydrogen) atoms. The molecule has 152 valence electrons. The van der Waals surface area contributed by atoms with Crippen LogP contribution in [0.4, 0.5) is 5.69 Å². The van der Waals surface area contributed by atoms with Crippen LogP contribution < -0.4 is 19.1 Å². The Kier molecular flexibility index (Phi) is 5.90. The molecule has 5 nitrogen and oxygen atoms in total. The number of thioether (sulfide) groups is 1. The summed E-state index contributed by atoms with van der Waals surface area (Å²) in [6.07, 6.45) is 2.71. The third-order valence-corrected chi connectivity index (χ3v) is 6.51. The van der Waals surface area contributed by atoms with E-state index in [0.717, 1.165) is 25.3 Å². The van der Waals surface area contributed by atoms with Crippen molar-refractivity contribution in [1.82, 2.24) is 0 Å². The minimum absolute atomic E-state index is 0.270. The molecule has 0 amide bonds. The molecular weight excluding hydrogens is 386 g/mol. The lowest BCUT2D eigenvalue weighted by atomic mass is 10.1. The van der Waals surface area contributed by atoms with Crippen molar-refractivity contribution in [3.8, 4) is 17.2 Å². The molecule has 0 spiro atoms. The molecule has 1 atom stereocenters. The number of benzene rings is 2. The molecule has 6 heteroatoms. The number of para-hydroxylation sites is 1. The number of rotatable bonds is 6. The van der Waals surface area contributed by atoms with Gasteiger partial charge in [0.05, 0.1) is 39.8 Å². The molecule has 1 aromatic heterocycles. The van der Waals surface area contributed by atoms with Gasteiger partial charge in [-0.15, -0.1) is 11.8 Å². The molecule has 0 N–H and O–H groups in total. The van der Waals surface area contributed by atoms with E-state index in [0.29, 0.717) is 17.2 Å². The molecular formula is C23H25NO4S. The van der Waals surface area contributed by atoms with E-state index in [-0.39, 0.29) is 5.25 Å². The first kappa shape index (κ1) is 19.6. The molecule has 2 heterocycles. The average Bonchev–Trinajstić information content (AvgIpc) is 3.20. The third kappa shape index (κ3) is 4.03. The van der Waals surface area contributed by atoms with Gasteiger partial charge in [0.2, 0.25) is 5.75 Å². The largest absolute Gasteiger partial charge is 0.493 e. The van der Waals surface area contributed by atoms with Gasteiger partial charge in [0.25, 0.3) is 0 Å². The topological polar surface area (TPSA) is 44.1 Å². The maximum absolute atomic E-state index is 5.59. The van der Waals surface area contributed by atoms with Crippen molar-refractivity contribution in [2.75, 3.05) is 32.8 Å². The van der Waals surface area contributed by atoms with Crippen LogP contribution in [0.2, 0.25) is 0 Å². The zero-order valence-electron chi connectivity index (χ0n) is 16.9. The van der Waals surface area contributed by atoms with Gasteiger partial charge in [-0.2, -0.15) is 0 Å². The fraction of sp³-hybridized carbons (Fsp3) is 0.304. The summed E-state index contributed by atoms with van der Waals surface area (Å²) in [5.74, 6) is 2.97. The maximum atomic E-state index is 5.59. The molecule has 0 aliphatic carbocycles. The second kappa shape index (κ2) is 8.74. The lowest BCUT2D eigenvalue weighted by molar-refractivity contribution is 0.323. The zero-order valence-corrected chi connectivity index (χ0v) is 17.7. The molecule has 0 radical (unpaired) electrons. The fourth-order valence-electron chi connectivity index (χ4n) is 3.70. The van der Waals surface area contributed by atoms with E-state index in [1.165, 1.54) is 16.1 Å². The smallest absolute Gasteiger partial charge is 0.203 e. The number of methoxy groups -OCH3 is 3. The number of ether oxygens (including phenoxy) is 3. The lowest BCUT2D eigenvalue weighted by Crippen LogP contribution is -2.23. The van der Waals surface area contributed by atoms with Crippen molar-refractivity contribution >= 4 is 17.4 Å². The van der Waals surface area contributed by atoms with E-state index in [2.05, 4.69) is 41.3 Å². The number of hydrogen-bond acceptors (Lipinski definition) is 6. The van der Waals surface area contributed by atoms with Crippen LogP contribution in [0.25, 0.3) is 0 Å². The molecule has 2 aromatic carbocycles. The first-order chi connectivity index (χ1) is 14.2. The predicted octanol–water partition coefficient (Wildman–Crippen LogP) is 5.55. The Hall–Kier alpha value is -2.73. The highest BCUT2D eigenvalue weighted by Gasteiger charge is 2.26. The van der Waals surface area contributed by atoms with Gasteiger partial charge < -0.3 is 23.5 Å². The van der Waals surface area contributed by atoms with Crippen LogP contribution in [0.3, 0.4) is 0 Å². The SMILES string of the molecule is COc1cc([C@H]2CCN(Cc3ccco3)c3ccccc3S2)cc(OC)c1OC. The number of anilines is 1. The van der Waals surface area contributed by atoms with Crippen LogP contribution in [-0.4, -0.2) is 27.9 Å². The normalized spacial score (nSPS) is 16.1. The number of hydrogen-bond donors (Lipinski definition) is 0. The molecule has 0 saturated carbocycles. The summed E-state index contributed by atoms with van der Waals surface area (Å²) in [6, 6.07) is 16.6. The molecule has 1 aliphatic heterocycles. The minimum atomic E-state index is 0.270. The third-order valence-electron chi connectivity index (χ3n) is 5.12. The quantitative estimate of drug-likeness (QED) is 0.530. The van der Waals surface area contributed by atoms with Crippen molar-refractivity contribution < 1.29 is 18.6 Å². The Balaban J connectivity index is 1.68. The summed E-state index contributed by atoms with van der Waals surface area (Å²) in [6.45, 7) is 1.68. The van der Waals surface area contributed by atoms with Gasteiger partial charge in [-0.1, -0.05) is 12.1 Å². The molecule has 3 aromatic rings. The Morgan fingerprint density at radius 1 is 1.00 bits per heavy atom. The average molecular weight is 412 g/mol. The van der Waals surface area contributed by atoms with Gasteiger partial charge in [-0.25, -0.2) is 0 Å². The number of fused-ring (bicyclic) bond motifs is 1. The van der Waals surface area contributed by atoms with Gasteiger partial charge in [0.1, 0.15) is 5.76 Å². The van der Waals surface area contributed by atoms with Gasteiger partial charge >= 0.3 is 0 Å². The van der Waals surface area contributed by atoms with Crippen LogP contribution in [0, 0.1) is 0 Å². The molecule has 0 fully saturated rings. The van der Waals surface area contributed by atoms with Crippen molar-refractivity contribution in [1.29, 1.82) is 0 Å². The van der Waals surface area contributed by atoms with E-state index < -0.39 is 0 Å². The van der Waals surface area contributed by atoms with Crippen LogP contribution in [-0.2, 0) is 6.54 Å². The van der Waals surface area contributed by atoms with E-state index in [9.17, 15) is 0 Å². The predicted molar refractivity (Wildman–Crippen MR) is 116 cm³/mol. The Morgan fingerprint density at radius 3 is 2.41 bits per heavy atom. The molecule has 1 aliphatic rings. The molecule has 0 saturated heterocycles. The molecule has 4 rings (SSSR count). The highest BCUT2D eigenvalue weighted by molar-refractivity contribution is 7.99. The van der Waals surface area contributed by atoms with Crippen LogP contribution in [0.5, 0.6) is 17.2 Å². The van der Waals surface area contributed by atoms with E-state index in [4.69, 9.17) is 18.6 Å². The standard InChI is InChI=1S/C23H25NO4S/c1-25-19-13-16(14-20(26-2)23(19)27-3)21-10-11-24(15-17-7-6-12-28-17)18-8-4-5-9-22(18)29-21/h4-9,12-14,21H,10-11,15H2,1-3H3/t21-/m1/s1. The second-order valence-electron chi connectivity index (χ2n) is 6.82. The van der Waals surface area contributed by atoms with Gasteiger partial charge in [0.15, 0.2) is 11.5 Å². The number of nitrogens with zero attached hydrogens (tertiary/aromatic N) is 1. The van der Waals surface area contributed by atoms with Gasteiger partial charge in [-0.05, 0) is 48.4 Å². The monoisotopic (exact) mass is 411 g/mol. The van der Waals surface area contributed by atoms with Crippen molar-refractivity contribution in [2.24, 2.45) is 0 Å². The summed E-state index contributed by atoms with van der Waals surface area (Å²) in [5, 5.41) is 0.270. The summed E-state index contributed by atoms with van der Waals surface area (Å²) in [5.41, 5.74) is 2.41. The summed E-state index contributed by atoms with van der Waals surface area (Å²) in [7, 11) is 4.94. The van der Waals surface area contributed by atoms with Crippen molar-refractivity contribution in [3.63, 3.8) is 0 Å². The van der Waals surface area contributed by atoms with Crippen LogP contribution in [0.15, 0.2) is 64.1 Å². The van der Waals surface area contributed by atoms with Gasteiger partial charge in [-0.3, -0.25) is 0 Å². The van der Waals surface area contributed by atoms with E-state index >= 15 is 0 Å². The van der Waals surface area contributed by atoms with Crippen molar-refractivity contribution in [2.45, 2.75) is 23.1 Å². The lowest BCUT2D eigenvalue weighted by Gasteiger charge is -2.23. The highest BCUT2D eigenvalue weighted by atomic mass is 32.2. The van der Waals surface area contributed by atoms with Crippen molar-refractivity contribution in [3.05, 3.63) is 66.1 Å². The highest BCUT2D eigenvalue weighted by Crippen LogP contribution is 2.48. The maximum Gasteiger partial charge on any atom is 0.203 e. The van der Waals surface area contributed by atoms with Gasteiger partial charge in [0, 0.05) is 16.7 Å². The second-order valence-corrected chi connectivity index (χ2v) is 8.07. The summed E-state index contributed by atoms with van der Waals surface area (Å²) < 4.78 is 22.2. The number of furan rings is 1. The Morgan fingerprint density at radius 2 is 1.76 bits per heavy atom. The molecule has 0 unspecified atom stereocenters. The summed E-state index contributed by atoms with van der Waals surface area (Å²) >= 11 is 1.87. The molecule has 0 bridgehead atoms.